The number of hydrogen-bond donors (Lipinski definition) is 0. The Morgan fingerprint density at radius 1 is 1.26 bits per heavy atom. The SMILES string of the molecule is Cc1nc(C2CCN(C(=O)c3cc4c(s3)CCC(C(C)(C)C)C4)CC2)no1. The van der Waals surface area contributed by atoms with Crippen LogP contribution in [0.25, 0.3) is 0 Å². The molecule has 1 fully saturated rings. The summed E-state index contributed by atoms with van der Waals surface area (Å²) in [5.41, 5.74) is 1.74. The average Bonchev–Trinajstić information content (AvgIpc) is 3.26. The highest BCUT2D eigenvalue weighted by Crippen LogP contribution is 2.40. The van der Waals surface area contributed by atoms with Gasteiger partial charge in [-0.05, 0) is 55.1 Å². The molecule has 2 aromatic heterocycles. The van der Waals surface area contributed by atoms with Crippen LogP contribution in [0.3, 0.4) is 0 Å². The normalized spacial score (nSPS) is 21.3. The van der Waals surface area contributed by atoms with Crippen LogP contribution >= 0.6 is 11.3 Å². The Morgan fingerprint density at radius 2 is 2.00 bits per heavy atom. The minimum absolute atomic E-state index is 0.199. The Balaban J connectivity index is 1.40. The molecule has 0 spiro atoms. The van der Waals surface area contributed by atoms with Crippen LogP contribution in [0.2, 0.25) is 0 Å². The summed E-state index contributed by atoms with van der Waals surface area (Å²) in [6, 6.07) is 2.18. The summed E-state index contributed by atoms with van der Waals surface area (Å²) < 4.78 is 5.10. The molecule has 2 aliphatic rings. The third-order valence-electron chi connectivity index (χ3n) is 6.21. The lowest BCUT2D eigenvalue weighted by molar-refractivity contribution is 0.0715. The number of fused-ring (bicyclic) bond motifs is 1. The highest BCUT2D eigenvalue weighted by Gasteiger charge is 2.32. The van der Waals surface area contributed by atoms with E-state index in [-0.39, 0.29) is 5.91 Å². The summed E-state index contributed by atoms with van der Waals surface area (Å²) in [6.45, 7) is 10.3. The maximum absolute atomic E-state index is 13.0. The van der Waals surface area contributed by atoms with E-state index in [0.29, 0.717) is 23.1 Å². The van der Waals surface area contributed by atoms with Crippen molar-refractivity contribution in [2.45, 2.75) is 65.7 Å². The number of hydrogen-bond acceptors (Lipinski definition) is 5. The molecular formula is C21H29N3O2S. The Kier molecular flexibility index (Phi) is 4.87. The van der Waals surface area contributed by atoms with Gasteiger partial charge in [0.15, 0.2) is 5.82 Å². The maximum atomic E-state index is 13.0. The van der Waals surface area contributed by atoms with Crippen molar-refractivity contribution in [3.63, 3.8) is 0 Å². The molecule has 2 aromatic rings. The van der Waals surface area contributed by atoms with E-state index in [4.69, 9.17) is 4.52 Å². The molecule has 1 aliphatic carbocycles. The third kappa shape index (κ3) is 3.82. The summed E-state index contributed by atoms with van der Waals surface area (Å²) in [5, 5.41) is 4.05. The molecule has 5 nitrogen and oxygen atoms in total. The van der Waals surface area contributed by atoms with Gasteiger partial charge in [0, 0.05) is 30.8 Å². The number of carbonyl (C=O) groups is 1. The van der Waals surface area contributed by atoms with E-state index in [2.05, 4.69) is 37.0 Å². The fourth-order valence-corrected chi connectivity index (χ4v) is 5.52. The minimum Gasteiger partial charge on any atom is -0.340 e. The summed E-state index contributed by atoms with van der Waals surface area (Å²) in [5.74, 6) is 2.61. The van der Waals surface area contributed by atoms with E-state index in [0.717, 1.165) is 49.5 Å². The zero-order valence-electron chi connectivity index (χ0n) is 16.7. The molecular weight excluding hydrogens is 358 g/mol. The molecule has 1 atom stereocenters. The highest BCUT2D eigenvalue weighted by molar-refractivity contribution is 7.14. The minimum atomic E-state index is 0.199. The topological polar surface area (TPSA) is 59.2 Å². The second-order valence-corrected chi connectivity index (χ2v) is 10.2. The van der Waals surface area contributed by atoms with Gasteiger partial charge in [-0.3, -0.25) is 4.79 Å². The van der Waals surface area contributed by atoms with Crippen molar-refractivity contribution in [3.8, 4) is 0 Å². The number of aryl methyl sites for hydroxylation is 2. The van der Waals surface area contributed by atoms with Crippen LogP contribution in [-0.2, 0) is 12.8 Å². The Labute approximate surface area is 165 Å². The zero-order valence-corrected chi connectivity index (χ0v) is 17.6. The maximum Gasteiger partial charge on any atom is 0.263 e. The number of thiophene rings is 1. The first-order chi connectivity index (χ1) is 12.8. The molecule has 1 amide bonds. The Morgan fingerprint density at radius 3 is 2.63 bits per heavy atom. The van der Waals surface area contributed by atoms with Crippen LogP contribution in [0.4, 0.5) is 0 Å². The van der Waals surface area contributed by atoms with Gasteiger partial charge in [0.05, 0.1) is 4.88 Å². The summed E-state index contributed by atoms with van der Waals surface area (Å²) in [4.78, 5) is 21.7. The second kappa shape index (κ2) is 7.04. The number of piperidine rings is 1. The summed E-state index contributed by atoms with van der Waals surface area (Å²) >= 11 is 1.72. The first-order valence-electron chi connectivity index (χ1n) is 10.0. The van der Waals surface area contributed by atoms with Crippen LogP contribution in [0.15, 0.2) is 10.6 Å². The number of amides is 1. The number of carbonyl (C=O) groups excluding carboxylic acids is 1. The zero-order chi connectivity index (χ0) is 19.2. The van der Waals surface area contributed by atoms with E-state index < -0.39 is 0 Å². The van der Waals surface area contributed by atoms with Crippen molar-refractivity contribution < 1.29 is 9.32 Å². The third-order valence-corrected chi connectivity index (χ3v) is 7.43. The van der Waals surface area contributed by atoms with Gasteiger partial charge >= 0.3 is 0 Å². The lowest BCUT2D eigenvalue weighted by Gasteiger charge is -2.33. The molecule has 146 valence electrons. The van der Waals surface area contributed by atoms with Gasteiger partial charge in [0.2, 0.25) is 5.89 Å². The van der Waals surface area contributed by atoms with Gasteiger partial charge in [-0.25, -0.2) is 0 Å². The van der Waals surface area contributed by atoms with Crippen molar-refractivity contribution in [2.75, 3.05) is 13.1 Å². The van der Waals surface area contributed by atoms with Gasteiger partial charge in [0.1, 0.15) is 0 Å². The quantitative estimate of drug-likeness (QED) is 0.755. The largest absolute Gasteiger partial charge is 0.340 e. The van der Waals surface area contributed by atoms with Gasteiger partial charge in [-0.2, -0.15) is 4.98 Å². The van der Waals surface area contributed by atoms with Crippen LogP contribution in [0.1, 0.15) is 77.8 Å². The molecule has 0 aromatic carbocycles. The monoisotopic (exact) mass is 387 g/mol. The average molecular weight is 388 g/mol. The molecule has 3 heterocycles. The molecule has 1 aliphatic heterocycles. The number of rotatable bonds is 2. The molecule has 27 heavy (non-hydrogen) atoms. The van der Waals surface area contributed by atoms with Crippen molar-refractivity contribution in [1.82, 2.24) is 15.0 Å². The molecule has 0 bridgehead atoms. The fraction of sp³-hybridized carbons (Fsp3) is 0.667. The molecule has 1 saturated heterocycles. The molecule has 0 radical (unpaired) electrons. The summed E-state index contributed by atoms with van der Waals surface area (Å²) in [6.07, 6.45) is 5.28. The van der Waals surface area contributed by atoms with E-state index in [1.165, 1.54) is 16.9 Å². The number of aromatic nitrogens is 2. The summed E-state index contributed by atoms with van der Waals surface area (Å²) in [7, 11) is 0. The highest BCUT2D eigenvalue weighted by atomic mass is 32.1. The van der Waals surface area contributed by atoms with Crippen LogP contribution in [0.5, 0.6) is 0 Å². The van der Waals surface area contributed by atoms with Crippen molar-refractivity contribution in [3.05, 3.63) is 33.1 Å². The van der Waals surface area contributed by atoms with E-state index in [9.17, 15) is 4.79 Å². The molecule has 4 rings (SSSR count). The lowest BCUT2D eigenvalue weighted by Crippen LogP contribution is -2.37. The smallest absolute Gasteiger partial charge is 0.263 e. The number of likely N-dealkylation sites (tertiary alicyclic amines) is 1. The molecule has 6 heteroatoms. The van der Waals surface area contributed by atoms with Gasteiger partial charge in [-0.1, -0.05) is 25.9 Å². The first-order valence-corrected chi connectivity index (χ1v) is 10.8. The van der Waals surface area contributed by atoms with Crippen molar-refractivity contribution >= 4 is 17.2 Å². The standard InChI is InChI=1S/C21H29N3O2S/c1-13-22-19(23-26-13)14-7-9-24(10-8-14)20(25)18-12-15-11-16(21(2,3)4)5-6-17(15)27-18/h12,14,16H,5-11H2,1-4H3. The van der Waals surface area contributed by atoms with Crippen LogP contribution in [0, 0.1) is 18.3 Å². The van der Waals surface area contributed by atoms with Crippen LogP contribution in [-0.4, -0.2) is 34.0 Å². The van der Waals surface area contributed by atoms with Crippen molar-refractivity contribution in [1.29, 1.82) is 0 Å². The van der Waals surface area contributed by atoms with E-state index >= 15 is 0 Å². The van der Waals surface area contributed by atoms with Crippen molar-refractivity contribution in [2.24, 2.45) is 11.3 Å². The predicted octanol–water partition coefficient (Wildman–Crippen LogP) is 4.61. The number of nitrogens with zero attached hydrogens (tertiary/aromatic N) is 3. The Bertz CT molecular complexity index is 825. The molecule has 0 saturated carbocycles. The molecule has 0 N–H and O–H groups in total. The Hall–Kier alpha value is -1.69. The second-order valence-electron chi connectivity index (χ2n) is 9.10. The van der Waals surface area contributed by atoms with E-state index in [1.807, 2.05) is 11.8 Å². The molecule has 1 unspecified atom stereocenters. The van der Waals surface area contributed by atoms with Gasteiger partial charge in [-0.15, -0.1) is 11.3 Å². The predicted molar refractivity (Wildman–Crippen MR) is 106 cm³/mol. The van der Waals surface area contributed by atoms with E-state index in [1.54, 1.807) is 11.3 Å². The van der Waals surface area contributed by atoms with Gasteiger partial charge in [0.25, 0.3) is 5.91 Å². The lowest BCUT2D eigenvalue weighted by atomic mass is 9.72. The van der Waals surface area contributed by atoms with Gasteiger partial charge < -0.3 is 9.42 Å². The van der Waals surface area contributed by atoms with Crippen LogP contribution < -0.4 is 0 Å². The first kappa shape index (κ1) is 18.7. The fourth-order valence-electron chi connectivity index (χ4n) is 4.35.